The van der Waals surface area contributed by atoms with E-state index in [9.17, 15) is 9.59 Å². The van der Waals surface area contributed by atoms with Crippen molar-refractivity contribution in [1.29, 1.82) is 0 Å². The van der Waals surface area contributed by atoms with Gasteiger partial charge in [0.1, 0.15) is 5.38 Å². The molecule has 0 aromatic carbocycles. The molecule has 1 aliphatic heterocycles. The predicted octanol–water partition coefficient (Wildman–Crippen LogP) is 0.572. The van der Waals surface area contributed by atoms with E-state index in [1.54, 1.807) is 4.90 Å². The maximum Gasteiger partial charge on any atom is 0.324 e. The van der Waals surface area contributed by atoms with Gasteiger partial charge in [0.25, 0.3) is 0 Å². The largest absolute Gasteiger partial charge is 0.380 e. The quantitative estimate of drug-likeness (QED) is 0.675. The molecule has 0 aromatic rings. The number of alkyl halides is 1. The molecule has 5 nitrogen and oxygen atoms in total. The van der Waals surface area contributed by atoms with Crippen molar-refractivity contribution in [2.45, 2.75) is 18.7 Å². The number of carbonyl (C=O) groups excluding carboxylic acids is 2. The normalized spacial score (nSPS) is 19.2. The first-order valence-electron chi connectivity index (χ1n) is 4.93. The lowest BCUT2D eigenvalue weighted by molar-refractivity contribution is -0.119. The Bertz CT molecular complexity index is 238. The highest BCUT2D eigenvalue weighted by atomic mass is 35.5. The van der Waals surface area contributed by atoms with Crippen LogP contribution in [0.2, 0.25) is 0 Å². The lowest BCUT2D eigenvalue weighted by atomic mass is 10.4. The number of nitrogens with one attached hydrogen (secondary N) is 1. The van der Waals surface area contributed by atoms with E-state index in [1.807, 2.05) is 0 Å². The van der Waals surface area contributed by atoms with Gasteiger partial charge in [0, 0.05) is 19.7 Å². The van der Waals surface area contributed by atoms with Gasteiger partial charge in [-0.25, -0.2) is 4.79 Å². The number of hydrogen-bond donors (Lipinski definition) is 1. The van der Waals surface area contributed by atoms with Crippen molar-refractivity contribution in [2.75, 3.05) is 26.3 Å². The van der Waals surface area contributed by atoms with E-state index in [2.05, 4.69) is 5.32 Å². The molecular formula is C9H15ClN2O3. The first-order valence-corrected chi connectivity index (χ1v) is 5.36. The predicted molar refractivity (Wildman–Crippen MR) is 55.9 cm³/mol. The Kier molecular flexibility index (Phi) is 4.84. The zero-order chi connectivity index (χ0) is 11.3. The zero-order valence-electron chi connectivity index (χ0n) is 8.66. The summed E-state index contributed by atoms with van der Waals surface area (Å²) in [5.41, 5.74) is 0. The summed E-state index contributed by atoms with van der Waals surface area (Å²) in [4.78, 5) is 24.3. The first-order chi connectivity index (χ1) is 7.11. The number of urea groups is 1. The van der Waals surface area contributed by atoms with Crippen molar-refractivity contribution < 1.29 is 14.3 Å². The van der Waals surface area contributed by atoms with Crippen LogP contribution in [-0.4, -0.2) is 48.5 Å². The van der Waals surface area contributed by atoms with Gasteiger partial charge in [0.2, 0.25) is 5.91 Å². The van der Waals surface area contributed by atoms with E-state index in [1.165, 1.54) is 6.92 Å². The smallest absolute Gasteiger partial charge is 0.324 e. The molecule has 0 saturated carbocycles. The Morgan fingerprint density at radius 1 is 1.40 bits per heavy atom. The first kappa shape index (κ1) is 12.3. The molecule has 0 spiro atoms. The summed E-state index contributed by atoms with van der Waals surface area (Å²) in [5.74, 6) is -0.466. The van der Waals surface area contributed by atoms with Gasteiger partial charge in [-0.05, 0) is 13.3 Å². The highest BCUT2D eigenvalue weighted by Gasteiger charge is 2.19. The highest BCUT2D eigenvalue weighted by molar-refractivity contribution is 6.31. The molecule has 1 N–H and O–H groups in total. The van der Waals surface area contributed by atoms with Gasteiger partial charge in [-0.15, -0.1) is 11.6 Å². The van der Waals surface area contributed by atoms with Gasteiger partial charge in [-0.1, -0.05) is 0 Å². The fraction of sp³-hybridized carbons (Fsp3) is 0.778. The molecule has 1 fully saturated rings. The Balaban J connectivity index is 2.41. The molecule has 1 saturated heterocycles. The molecule has 1 atom stereocenters. The van der Waals surface area contributed by atoms with E-state index < -0.39 is 17.3 Å². The molecule has 0 aromatic heterocycles. The van der Waals surface area contributed by atoms with Crippen molar-refractivity contribution >= 4 is 23.5 Å². The van der Waals surface area contributed by atoms with Crippen molar-refractivity contribution in [2.24, 2.45) is 0 Å². The van der Waals surface area contributed by atoms with Crippen molar-refractivity contribution in [1.82, 2.24) is 10.2 Å². The molecular weight excluding hydrogens is 220 g/mol. The third kappa shape index (κ3) is 4.05. The summed E-state index contributed by atoms with van der Waals surface area (Å²) in [5, 5.41) is 1.54. The van der Waals surface area contributed by atoms with Gasteiger partial charge in [0.05, 0.1) is 6.61 Å². The third-order valence-electron chi connectivity index (χ3n) is 2.10. The summed E-state index contributed by atoms with van der Waals surface area (Å²) in [6.07, 6.45) is 0.790. The SMILES string of the molecule is CC(Cl)C(=O)NC(=O)N1CCCOCC1. The average Bonchev–Trinajstić information content (AvgIpc) is 2.45. The van der Waals surface area contributed by atoms with Crippen LogP contribution in [0.15, 0.2) is 0 Å². The Morgan fingerprint density at radius 2 is 2.13 bits per heavy atom. The van der Waals surface area contributed by atoms with Gasteiger partial charge < -0.3 is 9.64 Å². The van der Waals surface area contributed by atoms with Gasteiger partial charge in [0.15, 0.2) is 0 Å². The van der Waals surface area contributed by atoms with Crippen molar-refractivity contribution in [3.05, 3.63) is 0 Å². The second-order valence-electron chi connectivity index (χ2n) is 3.36. The van der Waals surface area contributed by atoms with E-state index in [0.717, 1.165) is 6.42 Å². The lowest BCUT2D eigenvalue weighted by Crippen LogP contribution is -2.45. The molecule has 0 radical (unpaired) electrons. The van der Waals surface area contributed by atoms with Crippen LogP contribution in [0.3, 0.4) is 0 Å². The summed E-state index contributed by atoms with van der Waals surface area (Å²) in [6, 6.07) is -0.391. The third-order valence-corrected chi connectivity index (χ3v) is 2.30. The van der Waals surface area contributed by atoms with Crippen LogP contribution >= 0.6 is 11.6 Å². The average molecular weight is 235 g/mol. The number of rotatable bonds is 1. The van der Waals surface area contributed by atoms with Gasteiger partial charge in [-0.3, -0.25) is 10.1 Å². The minimum Gasteiger partial charge on any atom is -0.380 e. The Hall–Kier alpha value is -0.810. The molecule has 6 heteroatoms. The van der Waals surface area contributed by atoms with Crippen LogP contribution in [-0.2, 0) is 9.53 Å². The molecule has 15 heavy (non-hydrogen) atoms. The van der Waals surface area contributed by atoms with Crippen LogP contribution in [0.25, 0.3) is 0 Å². The summed E-state index contributed by atoms with van der Waals surface area (Å²) in [7, 11) is 0. The molecule has 1 rings (SSSR count). The van der Waals surface area contributed by atoms with Crippen LogP contribution in [0, 0.1) is 0 Å². The van der Waals surface area contributed by atoms with Crippen molar-refractivity contribution in [3.8, 4) is 0 Å². The zero-order valence-corrected chi connectivity index (χ0v) is 9.42. The molecule has 86 valence electrons. The monoisotopic (exact) mass is 234 g/mol. The molecule has 3 amide bonds. The molecule has 1 unspecified atom stereocenters. The summed E-state index contributed by atoms with van der Waals surface area (Å²) < 4.78 is 5.19. The maximum absolute atomic E-state index is 11.5. The van der Waals surface area contributed by atoms with E-state index in [-0.39, 0.29) is 0 Å². The molecule has 1 aliphatic rings. The number of imide groups is 1. The van der Waals surface area contributed by atoms with Crippen LogP contribution in [0.1, 0.15) is 13.3 Å². The second kappa shape index (κ2) is 5.92. The number of hydrogen-bond acceptors (Lipinski definition) is 3. The number of nitrogens with zero attached hydrogens (tertiary/aromatic N) is 1. The van der Waals surface area contributed by atoms with E-state index >= 15 is 0 Å². The highest BCUT2D eigenvalue weighted by Crippen LogP contribution is 2.00. The second-order valence-corrected chi connectivity index (χ2v) is 4.02. The number of amides is 3. The van der Waals surface area contributed by atoms with Crippen molar-refractivity contribution in [3.63, 3.8) is 0 Å². The minimum absolute atomic E-state index is 0.391. The summed E-state index contributed by atoms with van der Waals surface area (Å²) in [6.45, 7) is 3.81. The number of halogens is 1. The van der Waals surface area contributed by atoms with Crippen LogP contribution in [0.5, 0.6) is 0 Å². The fourth-order valence-corrected chi connectivity index (χ4v) is 1.29. The van der Waals surface area contributed by atoms with Gasteiger partial charge >= 0.3 is 6.03 Å². The summed E-state index contributed by atoms with van der Waals surface area (Å²) >= 11 is 5.54. The van der Waals surface area contributed by atoms with E-state index in [4.69, 9.17) is 16.3 Å². The number of carbonyl (C=O) groups is 2. The van der Waals surface area contributed by atoms with Crippen LogP contribution < -0.4 is 5.32 Å². The molecule has 0 aliphatic carbocycles. The standard InChI is InChI=1S/C9H15ClN2O3/c1-7(10)8(13)11-9(14)12-3-2-5-15-6-4-12/h7H,2-6H2,1H3,(H,11,13,14). The Morgan fingerprint density at radius 3 is 2.80 bits per heavy atom. The topological polar surface area (TPSA) is 58.6 Å². The maximum atomic E-state index is 11.5. The Labute approximate surface area is 93.7 Å². The van der Waals surface area contributed by atoms with E-state index in [0.29, 0.717) is 26.3 Å². The molecule has 0 bridgehead atoms. The van der Waals surface area contributed by atoms with Crippen LogP contribution in [0.4, 0.5) is 4.79 Å². The molecule has 1 heterocycles. The number of ether oxygens (including phenoxy) is 1. The fourth-order valence-electron chi connectivity index (χ4n) is 1.23. The van der Waals surface area contributed by atoms with Gasteiger partial charge in [-0.2, -0.15) is 0 Å². The minimum atomic E-state index is -0.697. The lowest BCUT2D eigenvalue weighted by Gasteiger charge is -2.19.